The maximum absolute atomic E-state index is 12.8. The standard InChI is InChI=1S/C18H23N3OS/c1-11-5-6-14-12(9-11)10-13-15(19)16(23-17(13)20-14)18(22)21-7-3-2-4-8-21/h10-11H,2-9,19H2,1H3. The Morgan fingerprint density at radius 1 is 1.35 bits per heavy atom. The van der Waals surface area contributed by atoms with Crippen molar-refractivity contribution >= 4 is 33.1 Å². The van der Waals surface area contributed by atoms with E-state index in [9.17, 15) is 4.79 Å². The molecule has 1 aliphatic heterocycles. The number of thiophene rings is 1. The lowest BCUT2D eigenvalue weighted by molar-refractivity contribution is 0.0730. The minimum absolute atomic E-state index is 0.0940. The van der Waals surface area contributed by atoms with Gasteiger partial charge in [-0.25, -0.2) is 4.98 Å². The van der Waals surface area contributed by atoms with Crippen LogP contribution in [0.2, 0.25) is 0 Å². The lowest BCUT2D eigenvalue weighted by Crippen LogP contribution is -2.35. The van der Waals surface area contributed by atoms with Gasteiger partial charge in [0.15, 0.2) is 0 Å². The number of carbonyl (C=O) groups excluding carboxylic acids is 1. The van der Waals surface area contributed by atoms with Gasteiger partial charge in [-0.1, -0.05) is 6.92 Å². The molecule has 1 fully saturated rings. The van der Waals surface area contributed by atoms with Crippen LogP contribution >= 0.6 is 11.3 Å². The van der Waals surface area contributed by atoms with Gasteiger partial charge >= 0.3 is 0 Å². The number of hydrogen-bond donors (Lipinski definition) is 1. The molecule has 2 N–H and O–H groups in total. The molecule has 4 nitrogen and oxygen atoms in total. The van der Waals surface area contributed by atoms with Gasteiger partial charge in [0, 0.05) is 24.2 Å². The zero-order valence-corrected chi connectivity index (χ0v) is 14.4. The van der Waals surface area contributed by atoms with E-state index in [2.05, 4.69) is 13.0 Å². The number of rotatable bonds is 1. The Kier molecular flexibility index (Phi) is 3.76. The summed E-state index contributed by atoms with van der Waals surface area (Å²) in [5.74, 6) is 0.799. The third kappa shape index (κ3) is 2.61. The van der Waals surface area contributed by atoms with Crippen molar-refractivity contribution < 1.29 is 4.79 Å². The Bertz CT molecular complexity index is 761. The average molecular weight is 329 g/mol. The van der Waals surface area contributed by atoms with Crippen molar-refractivity contribution in [2.45, 2.75) is 45.4 Å². The molecule has 0 radical (unpaired) electrons. The first-order valence-corrected chi connectivity index (χ1v) is 9.45. The van der Waals surface area contributed by atoms with E-state index >= 15 is 0 Å². The predicted octanol–water partition coefficient (Wildman–Crippen LogP) is 3.63. The number of nitrogens with zero attached hydrogens (tertiary/aromatic N) is 2. The van der Waals surface area contributed by atoms with Crippen LogP contribution in [-0.4, -0.2) is 28.9 Å². The lowest BCUT2D eigenvalue weighted by atomic mass is 9.87. The first kappa shape index (κ1) is 14.9. The smallest absolute Gasteiger partial charge is 0.266 e. The van der Waals surface area contributed by atoms with Crippen LogP contribution in [0.4, 0.5) is 5.69 Å². The van der Waals surface area contributed by atoms with Crippen LogP contribution in [-0.2, 0) is 12.8 Å². The van der Waals surface area contributed by atoms with Gasteiger partial charge in [-0.3, -0.25) is 4.79 Å². The molecule has 0 saturated carbocycles. The molecule has 4 rings (SSSR count). The Morgan fingerprint density at radius 3 is 2.91 bits per heavy atom. The molecular weight excluding hydrogens is 306 g/mol. The molecule has 1 atom stereocenters. The molecule has 2 aromatic rings. The number of piperidine rings is 1. The van der Waals surface area contributed by atoms with E-state index in [-0.39, 0.29) is 5.91 Å². The summed E-state index contributed by atoms with van der Waals surface area (Å²) in [6.07, 6.45) is 6.73. The van der Waals surface area contributed by atoms with Gasteiger partial charge in [0.2, 0.25) is 0 Å². The van der Waals surface area contributed by atoms with E-state index < -0.39 is 0 Å². The molecule has 5 heteroatoms. The highest BCUT2D eigenvalue weighted by atomic mass is 32.1. The minimum atomic E-state index is 0.0940. The molecule has 0 spiro atoms. The van der Waals surface area contributed by atoms with E-state index in [1.54, 1.807) is 0 Å². The SMILES string of the molecule is CC1CCc2nc3sc(C(=O)N4CCCCC4)c(N)c3cc2C1. The van der Waals surface area contributed by atoms with E-state index in [4.69, 9.17) is 10.7 Å². The second kappa shape index (κ2) is 5.78. The summed E-state index contributed by atoms with van der Waals surface area (Å²) in [5.41, 5.74) is 9.49. The summed E-state index contributed by atoms with van der Waals surface area (Å²) in [6.45, 7) is 4.00. The monoisotopic (exact) mass is 329 g/mol. The minimum Gasteiger partial charge on any atom is -0.397 e. The Balaban J connectivity index is 1.73. The van der Waals surface area contributed by atoms with Crippen LogP contribution in [0.1, 0.15) is 53.5 Å². The number of anilines is 1. The average Bonchev–Trinajstić information content (AvgIpc) is 2.89. The van der Waals surface area contributed by atoms with Crippen molar-refractivity contribution in [2.75, 3.05) is 18.8 Å². The van der Waals surface area contributed by atoms with Crippen LogP contribution < -0.4 is 5.73 Å². The molecule has 1 aliphatic carbocycles. The van der Waals surface area contributed by atoms with Crippen LogP contribution in [0.15, 0.2) is 6.07 Å². The van der Waals surface area contributed by atoms with Gasteiger partial charge in [0.25, 0.3) is 5.91 Å². The van der Waals surface area contributed by atoms with Crippen molar-refractivity contribution in [2.24, 2.45) is 5.92 Å². The van der Waals surface area contributed by atoms with Gasteiger partial charge in [-0.05, 0) is 56.1 Å². The Morgan fingerprint density at radius 2 is 2.13 bits per heavy atom. The molecule has 0 bridgehead atoms. The molecular formula is C18H23N3OS. The molecule has 0 aromatic carbocycles. The maximum atomic E-state index is 12.8. The largest absolute Gasteiger partial charge is 0.397 e. The summed E-state index contributed by atoms with van der Waals surface area (Å²) in [5, 5.41) is 0.975. The molecule has 2 aliphatic rings. The highest BCUT2D eigenvalue weighted by molar-refractivity contribution is 7.21. The summed E-state index contributed by atoms with van der Waals surface area (Å²) < 4.78 is 0. The van der Waals surface area contributed by atoms with Crippen molar-refractivity contribution in [3.63, 3.8) is 0 Å². The first-order chi connectivity index (χ1) is 11.1. The van der Waals surface area contributed by atoms with E-state index in [0.29, 0.717) is 16.5 Å². The zero-order valence-electron chi connectivity index (χ0n) is 13.6. The van der Waals surface area contributed by atoms with Gasteiger partial charge in [0.05, 0.1) is 5.69 Å². The number of carbonyl (C=O) groups is 1. The van der Waals surface area contributed by atoms with Crippen molar-refractivity contribution in [1.29, 1.82) is 0 Å². The van der Waals surface area contributed by atoms with Crippen LogP contribution in [0.5, 0.6) is 0 Å². The highest BCUT2D eigenvalue weighted by Crippen LogP contribution is 2.37. The first-order valence-electron chi connectivity index (χ1n) is 8.63. The fourth-order valence-electron chi connectivity index (χ4n) is 3.77. The summed E-state index contributed by atoms with van der Waals surface area (Å²) in [7, 11) is 0. The van der Waals surface area contributed by atoms with E-state index in [1.807, 2.05) is 4.90 Å². The van der Waals surface area contributed by atoms with Gasteiger partial charge in [-0.2, -0.15) is 0 Å². The summed E-state index contributed by atoms with van der Waals surface area (Å²) in [4.78, 5) is 21.2. The molecule has 3 heterocycles. The van der Waals surface area contributed by atoms with E-state index in [0.717, 1.165) is 49.0 Å². The van der Waals surface area contributed by atoms with Gasteiger partial charge in [0.1, 0.15) is 9.71 Å². The quantitative estimate of drug-likeness (QED) is 0.869. The molecule has 1 saturated heterocycles. The number of aryl methyl sites for hydroxylation is 1. The number of fused-ring (bicyclic) bond motifs is 2. The van der Waals surface area contributed by atoms with Gasteiger partial charge < -0.3 is 10.6 Å². The van der Waals surface area contributed by atoms with Crippen LogP contribution in [0.25, 0.3) is 10.2 Å². The molecule has 1 unspecified atom stereocenters. The number of pyridine rings is 1. The number of hydrogen-bond acceptors (Lipinski definition) is 4. The second-order valence-electron chi connectivity index (χ2n) is 6.99. The molecule has 2 aromatic heterocycles. The lowest BCUT2D eigenvalue weighted by Gasteiger charge is -2.26. The zero-order chi connectivity index (χ0) is 16.0. The van der Waals surface area contributed by atoms with Crippen molar-refractivity contribution in [3.05, 3.63) is 22.2 Å². The number of nitrogen functional groups attached to an aromatic ring is 1. The van der Waals surface area contributed by atoms with Crippen molar-refractivity contribution in [3.8, 4) is 0 Å². The normalized spacial score (nSPS) is 21.4. The summed E-state index contributed by atoms with van der Waals surface area (Å²) >= 11 is 1.47. The Hall–Kier alpha value is -1.62. The topological polar surface area (TPSA) is 59.2 Å². The van der Waals surface area contributed by atoms with Crippen LogP contribution in [0, 0.1) is 5.92 Å². The Labute approximate surface area is 140 Å². The maximum Gasteiger partial charge on any atom is 0.266 e. The fraction of sp³-hybridized carbons (Fsp3) is 0.556. The third-order valence-electron chi connectivity index (χ3n) is 5.17. The highest BCUT2D eigenvalue weighted by Gasteiger charge is 2.25. The molecule has 23 heavy (non-hydrogen) atoms. The second-order valence-corrected chi connectivity index (χ2v) is 7.99. The molecule has 122 valence electrons. The van der Waals surface area contributed by atoms with Crippen LogP contribution in [0.3, 0.4) is 0 Å². The number of amides is 1. The number of nitrogens with two attached hydrogens (primary N) is 1. The number of aromatic nitrogens is 1. The van der Waals surface area contributed by atoms with E-state index in [1.165, 1.54) is 35.4 Å². The molecule has 1 amide bonds. The predicted molar refractivity (Wildman–Crippen MR) is 95.0 cm³/mol. The number of likely N-dealkylation sites (tertiary alicyclic amines) is 1. The third-order valence-corrected chi connectivity index (χ3v) is 6.27. The summed E-state index contributed by atoms with van der Waals surface area (Å²) in [6, 6.07) is 2.19. The fourth-order valence-corrected chi connectivity index (χ4v) is 4.84. The van der Waals surface area contributed by atoms with Crippen molar-refractivity contribution in [1.82, 2.24) is 9.88 Å². The van der Waals surface area contributed by atoms with Gasteiger partial charge in [-0.15, -0.1) is 11.3 Å².